The van der Waals surface area contributed by atoms with Gasteiger partial charge in [0.05, 0.1) is 26.0 Å². The molecule has 1 aromatic carbocycles. The normalized spacial score (nSPS) is 19.6. The van der Waals surface area contributed by atoms with E-state index >= 15 is 0 Å². The van der Waals surface area contributed by atoms with Crippen molar-refractivity contribution in [3.05, 3.63) is 47.4 Å². The number of methoxy groups -OCH3 is 1. The van der Waals surface area contributed by atoms with Crippen LogP contribution in [0.15, 0.2) is 34.9 Å². The monoisotopic (exact) mass is 338 g/mol. The largest absolute Gasteiger partial charge is 0.497 e. The Bertz CT molecular complexity index is 895. The van der Waals surface area contributed by atoms with Crippen LogP contribution in [0.1, 0.15) is 41.9 Å². The van der Waals surface area contributed by atoms with E-state index in [1.807, 2.05) is 35.0 Å². The van der Waals surface area contributed by atoms with Gasteiger partial charge in [-0.3, -0.25) is 4.68 Å². The number of fused-ring (bicyclic) bond motifs is 1. The van der Waals surface area contributed by atoms with Crippen LogP contribution in [0.4, 0.5) is 0 Å². The number of ether oxygens (including phenoxy) is 2. The van der Waals surface area contributed by atoms with Crippen LogP contribution in [0, 0.1) is 0 Å². The first-order chi connectivity index (χ1) is 12.3. The number of aromatic nitrogens is 4. The minimum atomic E-state index is -0.0316. The SMILES string of the molecule is COc1ccc([C@@H]2Cn3nc(-c4nc(C5CC5)no4)cc3CO2)cc1. The fourth-order valence-electron chi connectivity index (χ4n) is 3.10. The van der Waals surface area contributed by atoms with E-state index < -0.39 is 0 Å². The lowest BCUT2D eigenvalue weighted by Gasteiger charge is -2.24. The molecular weight excluding hydrogens is 320 g/mol. The van der Waals surface area contributed by atoms with Gasteiger partial charge in [0.2, 0.25) is 0 Å². The summed E-state index contributed by atoms with van der Waals surface area (Å²) in [5.74, 6) is 2.60. The molecule has 7 heteroatoms. The molecule has 1 fully saturated rings. The molecule has 1 atom stereocenters. The highest BCUT2D eigenvalue weighted by Gasteiger charge is 2.30. The molecule has 0 N–H and O–H groups in total. The third-order valence-corrected chi connectivity index (χ3v) is 4.73. The number of benzene rings is 1. The molecule has 1 aliphatic heterocycles. The molecule has 0 unspecified atom stereocenters. The molecule has 2 aliphatic rings. The molecule has 0 spiro atoms. The molecule has 1 saturated carbocycles. The van der Waals surface area contributed by atoms with Crippen LogP contribution < -0.4 is 4.74 Å². The van der Waals surface area contributed by atoms with Crippen LogP contribution >= 0.6 is 0 Å². The summed E-state index contributed by atoms with van der Waals surface area (Å²) >= 11 is 0. The highest BCUT2D eigenvalue weighted by molar-refractivity contribution is 5.47. The lowest BCUT2D eigenvalue weighted by molar-refractivity contribution is -0.00115. The van der Waals surface area contributed by atoms with Crippen molar-refractivity contribution in [1.82, 2.24) is 19.9 Å². The number of rotatable bonds is 4. The van der Waals surface area contributed by atoms with Crippen molar-refractivity contribution < 1.29 is 14.0 Å². The van der Waals surface area contributed by atoms with Crippen LogP contribution in [0.3, 0.4) is 0 Å². The Balaban J connectivity index is 1.37. The maximum atomic E-state index is 6.00. The summed E-state index contributed by atoms with van der Waals surface area (Å²) in [5, 5.41) is 8.70. The van der Waals surface area contributed by atoms with Crippen molar-refractivity contribution in [3.8, 4) is 17.3 Å². The molecule has 0 amide bonds. The van der Waals surface area contributed by atoms with Crippen molar-refractivity contribution in [2.75, 3.05) is 7.11 Å². The van der Waals surface area contributed by atoms with E-state index in [2.05, 4.69) is 15.2 Å². The highest BCUT2D eigenvalue weighted by Crippen LogP contribution is 2.39. The van der Waals surface area contributed by atoms with E-state index in [9.17, 15) is 0 Å². The minimum absolute atomic E-state index is 0.0316. The predicted octanol–water partition coefficient (Wildman–Crippen LogP) is 3.09. The molecule has 1 aliphatic carbocycles. The van der Waals surface area contributed by atoms with E-state index in [1.54, 1.807) is 7.11 Å². The predicted molar refractivity (Wildman–Crippen MR) is 88.0 cm³/mol. The van der Waals surface area contributed by atoms with Crippen molar-refractivity contribution in [2.45, 2.75) is 38.0 Å². The molecule has 7 nitrogen and oxygen atoms in total. The number of hydrogen-bond acceptors (Lipinski definition) is 6. The van der Waals surface area contributed by atoms with Gasteiger partial charge in [-0.25, -0.2) is 0 Å². The standard InChI is InChI=1S/C18H18N4O3/c1-23-14-6-4-11(5-7-14)16-9-22-13(10-24-16)8-15(20-22)18-19-17(21-25-18)12-2-3-12/h4-8,12,16H,2-3,9-10H2,1H3/t16-/m0/s1. The summed E-state index contributed by atoms with van der Waals surface area (Å²) in [6.45, 7) is 1.17. The zero-order valence-electron chi connectivity index (χ0n) is 13.9. The van der Waals surface area contributed by atoms with Crippen molar-refractivity contribution in [3.63, 3.8) is 0 Å². The van der Waals surface area contributed by atoms with Gasteiger partial charge in [-0.05, 0) is 36.6 Å². The first kappa shape index (κ1) is 14.7. The van der Waals surface area contributed by atoms with Crippen LogP contribution in [0.5, 0.6) is 5.75 Å². The van der Waals surface area contributed by atoms with Gasteiger partial charge in [0.1, 0.15) is 11.9 Å². The maximum absolute atomic E-state index is 6.00. The summed E-state index contributed by atoms with van der Waals surface area (Å²) < 4.78 is 18.5. The zero-order valence-corrected chi connectivity index (χ0v) is 13.9. The Morgan fingerprint density at radius 2 is 2.04 bits per heavy atom. The van der Waals surface area contributed by atoms with Gasteiger partial charge in [-0.15, -0.1) is 0 Å². The van der Waals surface area contributed by atoms with E-state index in [0.29, 0.717) is 30.7 Å². The fourth-order valence-corrected chi connectivity index (χ4v) is 3.10. The molecule has 2 aromatic heterocycles. The van der Waals surface area contributed by atoms with Crippen LogP contribution in [-0.4, -0.2) is 27.0 Å². The molecular formula is C18H18N4O3. The Morgan fingerprint density at radius 3 is 2.80 bits per heavy atom. The summed E-state index contributed by atoms with van der Waals surface area (Å²) in [6, 6.07) is 9.91. The second kappa shape index (κ2) is 5.70. The lowest BCUT2D eigenvalue weighted by Crippen LogP contribution is -2.21. The second-order valence-electron chi connectivity index (χ2n) is 6.51. The van der Waals surface area contributed by atoms with Crippen molar-refractivity contribution in [1.29, 1.82) is 0 Å². The Morgan fingerprint density at radius 1 is 1.20 bits per heavy atom. The van der Waals surface area contributed by atoms with Gasteiger partial charge in [0.25, 0.3) is 5.89 Å². The topological polar surface area (TPSA) is 75.2 Å². The first-order valence-corrected chi connectivity index (χ1v) is 8.46. The van der Waals surface area contributed by atoms with Gasteiger partial charge in [0.15, 0.2) is 11.5 Å². The average Bonchev–Trinajstić information content (AvgIpc) is 3.23. The Hall–Kier alpha value is -2.67. The molecule has 0 saturated heterocycles. The van der Waals surface area contributed by atoms with Crippen LogP contribution in [0.25, 0.3) is 11.6 Å². The molecule has 128 valence electrons. The van der Waals surface area contributed by atoms with E-state index in [1.165, 1.54) is 0 Å². The molecule has 5 rings (SSSR count). The van der Waals surface area contributed by atoms with Crippen LogP contribution in [-0.2, 0) is 17.9 Å². The van der Waals surface area contributed by atoms with Gasteiger partial charge in [-0.1, -0.05) is 17.3 Å². The summed E-state index contributed by atoms with van der Waals surface area (Å²) in [4.78, 5) is 4.47. The Kier molecular flexibility index (Phi) is 3.34. The van der Waals surface area contributed by atoms with E-state index in [4.69, 9.17) is 14.0 Å². The average molecular weight is 338 g/mol. The maximum Gasteiger partial charge on any atom is 0.278 e. The van der Waals surface area contributed by atoms with E-state index in [0.717, 1.165) is 35.7 Å². The molecule has 0 radical (unpaired) electrons. The quantitative estimate of drug-likeness (QED) is 0.728. The number of hydrogen-bond donors (Lipinski definition) is 0. The highest BCUT2D eigenvalue weighted by atomic mass is 16.5. The minimum Gasteiger partial charge on any atom is -0.497 e. The van der Waals surface area contributed by atoms with Gasteiger partial charge < -0.3 is 14.0 Å². The number of nitrogens with zero attached hydrogens (tertiary/aromatic N) is 4. The van der Waals surface area contributed by atoms with Crippen LogP contribution in [0.2, 0.25) is 0 Å². The van der Waals surface area contributed by atoms with Gasteiger partial charge in [0, 0.05) is 5.92 Å². The summed E-state index contributed by atoms with van der Waals surface area (Å²) in [6.07, 6.45) is 2.27. The van der Waals surface area contributed by atoms with Crippen molar-refractivity contribution >= 4 is 0 Å². The first-order valence-electron chi connectivity index (χ1n) is 8.46. The van der Waals surface area contributed by atoms with Gasteiger partial charge >= 0.3 is 0 Å². The van der Waals surface area contributed by atoms with Gasteiger partial charge in [-0.2, -0.15) is 10.1 Å². The Labute approximate surface area is 144 Å². The summed E-state index contributed by atoms with van der Waals surface area (Å²) in [7, 11) is 1.66. The molecule has 25 heavy (non-hydrogen) atoms. The smallest absolute Gasteiger partial charge is 0.278 e. The van der Waals surface area contributed by atoms with Crippen molar-refractivity contribution in [2.24, 2.45) is 0 Å². The fraction of sp³-hybridized carbons (Fsp3) is 0.389. The molecule has 3 heterocycles. The lowest BCUT2D eigenvalue weighted by atomic mass is 10.1. The molecule has 0 bridgehead atoms. The van der Waals surface area contributed by atoms with E-state index in [-0.39, 0.29) is 6.10 Å². The summed E-state index contributed by atoms with van der Waals surface area (Å²) in [5.41, 5.74) is 2.84. The zero-order chi connectivity index (χ0) is 16.8. The second-order valence-corrected chi connectivity index (χ2v) is 6.51. The molecule has 3 aromatic rings. The third-order valence-electron chi connectivity index (χ3n) is 4.73. The third kappa shape index (κ3) is 2.70.